The van der Waals surface area contributed by atoms with Crippen molar-refractivity contribution in [2.75, 3.05) is 25.5 Å². The van der Waals surface area contributed by atoms with E-state index in [0.717, 1.165) is 38.8 Å². The Morgan fingerprint density at radius 2 is 1.65 bits per heavy atom. The second-order valence-electron chi connectivity index (χ2n) is 5.59. The maximum absolute atomic E-state index is 12.1. The zero-order valence-corrected chi connectivity index (χ0v) is 13.3. The van der Waals surface area contributed by atoms with Crippen LogP contribution >= 0.6 is 0 Å². The zero-order valence-electron chi connectivity index (χ0n) is 13.3. The Labute approximate surface area is 135 Å². The van der Waals surface area contributed by atoms with E-state index in [1.807, 2.05) is 0 Å². The van der Waals surface area contributed by atoms with E-state index in [4.69, 9.17) is 0 Å². The highest BCUT2D eigenvalue weighted by Gasteiger charge is 2.18. The Balaban J connectivity index is 1.86. The Hall–Kier alpha value is -2.37. The van der Waals surface area contributed by atoms with Crippen molar-refractivity contribution in [1.82, 2.24) is 4.90 Å². The highest BCUT2D eigenvalue weighted by Crippen LogP contribution is 2.13. The minimum atomic E-state index is -0.431. The quantitative estimate of drug-likeness (QED) is 0.682. The number of carbonyl (C=O) groups is 3. The van der Waals surface area contributed by atoms with Crippen LogP contribution in [0.2, 0.25) is 0 Å². The summed E-state index contributed by atoms with van der Waals surface area (Å²) in [4.78, 5) is 37.2. The molecule has 0 saturated carbocycles. The van der Waals surface area contributed by atoms with Gasteiger partial charge >= 0.3 is 5.97 Å². The molecule has 0 atom stereocenters. The summed E-state index contributed by atoms with van der Waals surface area (Å²) in [5.74, 6) is -0.903. The maximum Gasteiger partial charge on any atom is 0.337 e. The summed E-state index contributed by atoms with van der Waals surface area (Å²) in [5, 5.41) is 2.67. The molecule has 0 unspecified atom stereocenters. The first-order valence-corrected chi connectivity index (χ1v) is 7.86. The van der Waals surface area contributed by atoms with E-state index in [1.165, 1.54) is 7.11 Å². The van der Waals surface area contributed by atoms with E-state index < -0.39 is 5.97 Å². The topological polar surface area (TPSA) is 75.7 Å². The molecule has 2 rings (SSSR count). The lowest BCUT2D eigenvalue weighted by Gasteiger charge is -2.19. The van der Waals surface area contributed by atoms with Gasteiger partial charge in [0.05, 0.1) is 12.7 Å². The van der Waals surface area contributed by atoms with Gasteiger partial charge < -0.3 is 15.0 Å². The molecule has 1 aliphatic rings. The molecule has 0 radical (unpaired) electrons. The lowest BCUT2D eigenvalue weighted by Crippen LogP contribution is -2.34. The van der Waals surface area contributed by atoms with Gasteiger partial charge in [0.2, 0.25) is 11.8 Å². The van der Waals surface area contributed by atoms with Crippen LogP contribution in [0, 0.1) is 0 Å². The van der Waals surface area contributed by atoms with Crippen LogP contribution in [0.15, 0.2) is 24.3 Å². The van der Waals surface area contributed by atoms with E-state index in [1.54, 1.807) is 29.2 Å². The fraction of sp³-hybridized carbons (Fsp3) is 0.471. The molecule has 124 valence electrons. The predicted octanol–water partition coefficient (Wildman–Crippen LogP) is 2.20. The average molecular weight is 318 g/mol. The van der Waals surface area contributed by atoms with E-state index >= 15 is 0 Å². The fourth-order valence-electron chi connectivity index (χ4n) is 2.58. The van der Waals surface area contributed by atoms with Gasteiger partial charge in [-0.3, -0.25) is 9.59 Å². The van der Waals surface area contributed by atoms with Gasteiger partial charge in [-0.25, -0.2) is 4.79 Å². The summed E-state index contributed by atoms with van der Waals surface area (Å²) in [7, 11) is 1.31. The van der Waals surface area contributed by atoms with Crippen molar-refractivity contribution in [2.45, 2.75) is 32.1 Å². The van der Waals surface area contributed by atoms with Crippen LogP contribution in [-0.4, -0.2) is 42.9 Å². The highest BCUT2D eigenvalue weighted by atomic mass is 16.5. The van der Waals surface area contributed by atoms with E-state index in [2.05, 4.69) is 10.1 Å². The van der Waals surface area contributed by atoms with Crippen LogP contribution in [0.3, 0.4) is 0 Å². The summed E-state index contributed by atoms with van der Waals surface area (Å²) in [6, 6.07) is 6.36. The number of likely N-dealkylation sites (tertiary alicyclic amines) is 1. The summed E-state index contributed by atoms with van der Waals surface area (Å²) < 4.78 is 4.61. The molecule has 1 fully saturated rings. The van der Waals surface area contributed by atoms with Crippen molar-refractivity contribution in [3.05, 3.63) is 29.8 Å². The van der Waals surface area contributed by atoms with Crippen LogP contribution in [0.25, 0.3) is 0 Å². The van der Waals surface area contributed by atoms with Gasteiger partial charge in [-0.1, -0.05) is 12.8 Å². The fourth-order valence-corrected chi connectivity index (χ4v) is 2.58. The van der Waals surface area contributed by atoms with Crippen molar-refractivity contribution < 1.29 is 19.1 Å². The molecule has 0 aliphatic carbocycles. The second kappa shape index (κ2) is 8.31. The predicted molar refractivity (Wildman–Crippen MR) is 86.1 cm³/mol. The van der Waals surface area contributed by atoms with Gasteiger partial charge in [0.1, 0.15) is 6.42 Å². The molecule has 0 aromatic heterocycles. The number of amides is 2. The lowest BCUT2D eigenvalue weighted by atomic mass is 10.2. The molecule has 1 aromatic carbocycles. The third-order valence-corrected chi connectivity index (χ3v) is 3.86. The van der Waals surface area contributed by atoms with Gasteiger partial charge in [0.25, 0.3) is 0 Å². The van der Waals surface area contributed by atoms with E-state index in [0.29, 0.717) is 11.3 Å². The molecule has 1 aliphatic heterocycles. The first-order chi connectivity index (χ1) is 11.1. The van der Waals surface area contributed by atoms with Crippen LogP contribution in [0.4, 0.5) is 5.69 Å². The summed E-state index contributed by atoms with van der Waals surface area (Å²) in [6.45, 7) is 1.47. The number of rotatable bonds is 4. The molecular formula is C17H22N2O4. The van der Waals surface area contributed by atoms with Crippen LogP contribution < -0.4 is 5.32 Å². The van der Waals surface area contributed by atoms with Crippen molar-refractivity contribution in [1.29, 1.82) is 0 Å². The lowest BCUT2D eigenvalue weighted by molar-refractivity contribution is -0.134. The minimum Gasteiger partial charge on any atom is -0.465 e. The molecule has 0 bridgehead atoms. The van der Waals surface area contributed by atoms with E-state index in [9.17, 15) is 14.4 Å². The molecule has 1 N–H and O–H groups in total. The molecular weight excluding hydrogens is 296 g/mol. The number of nitrogens with zero attached hydrogens (tertiary/aromatic N) is 1. The van der Waals surface area contributed by atoms with Crippen LogP contribution in [0.1, 0.15) is 42.5 Å². The zero-order chi connectivity index (χ0) is 16.7. The number of anilines is 1. The summed E-state index contributed by atoms with van der Waals surface area (Å²) in [6.07, 6.45) is 4.13. The van der Waals surface area contributed by atoms with Gasteiger partial charge in [-0.05, 0) is 37.1 Å². The van der Waals surface area contributed by atoms with E-state index in [-0.39, 0.29) is 18.2 Å². The molecule has 23 heavy (non-hydrogen) atoms. The first-order valence-electron chi connectivity index (χ1n) is 7.86. The number of hydrogen-bond acceptors (Lipinski definition) is 4. The normalized spacial score (nSPS) is 14.7. The van der Waals surface area contributed by atoms with Gasteiger partial charge in [-0.15, -0.1) is 0 Å². The number of ether oxygens (including phenoxy) is 1. The molecule has 0 spiro atoms. The van der Waals surface area contributed by atoms with Crippen LogP contribution in [0.5, 0.6) is 0 Å². The number of methoxy groups -OCH3 is 1. The largest absolute Gasteiger partial charge is 0.465 e. The number of benzene rings is 1. The van der Waals surface area contributed by atoms with Gasteiger partial charge in [0, 0.05) is 18.8 Å². The SMILES string of the molecule is COC(=O)c1ccc(NC(=O)CC(=O)N2CCCCCC2)cc1. The second-order valence-corrected chi connectivity index (χ2v) is 5.59. The Kier molecular flexibility index (Phi) is 6.14. The molecule has 1 saturated heterocycles. The third-order valence-electron chi connectivity index (χ3n) is 3.86. The first kappa shape index (κ1) is 17.0. The molecule has 1 heterocycles. The average Bonchev–Trinajstić information content (AvgIpc) is 2.84. The molecule has 2 amide bonds. The van der Waals surface area contributed by atoms with Crippen molar-refractivity contribution >= 4 is 23.5 Å². The minimum absolute atomic E-state index is 0.129. The third kappa shape index (κ3) is 5.09. The molecule has 6 nitrogen and oxygen atoms in total. The Bertz CT molecular complexity index is 560. The van der Waals surface area contributed by atoms with Crippen molar-refractivity contribution in [3.63, 3.8) is 0 Å². The maximum atomic E-state index is 12.1. The Morgan fingerprint density at radius 3 is 2.22 bits per heavy atom. The number of nitrogens with one attached hydrogen (secondary N) is 1. The van der Waals surface area contributed by atoms with Gasteiger partial charge in [0.15, 0.2) is 0 Å². The highest BCUT2D eigenvalue weighted by molar-refractivity contribution is 6.03. The van der Waals surface area contributed by atoms with Gasteiger partial charge in [-0.2, -0.15) is 0 Å². The number of esters is 1. The number of hydrogen-bond donors (Lipinski definition) is 1. The smallest absolute Gasteiger partial charge is 0.337 e. The number of carbonyl (C=O) groups excluding carboxylic acids is 3. The monoisotopic (exact) mass is 318 g/mol. The van der Waals surface area contributed by atoms with Crippen molar-refractivity contribution in [2.24, 2.45) is 0 Å². The summed E-state index contributed by atoms with van der Waals surface area (Å²) in [5.41, 5.74) is 0.956. The van der Waals surface area contributed by atoms with Crippen molar-refractivity contribution in [3.8, 4) is 0 Å². The molecule has 1 aromatic rings. The standard InChI is InChI=1S/C17H22N2O4/c1-23-17(22)13-6-8-14(9-7-13)18-15(20)12-16(21)19-10-4-2-3-5-11-19/h6-9H,2-5,10-12H2,1H3,(H,18,20). The summed E-state index contributed by atoms with van der Waals surface area (Å²) >= 11 is 0. The van der Waals surface area contributed by atoms with Crippen LogP contribution in [-0.2, 0) is 14.3 Å². The molecule has 6 heteroatoms. The Morgan fingerprint density at radius 1 is 1.04 bits per heavy atom.